The van der Waals surface area contributed by atoms with Gasteiger partial charge in [-0.3, -0.25) is 0 Å². The highest BCUT2D eigenvalue weighted by Gasteiger charge is 2.79. The van der Waals surface area contributed by atoms with Crippen LogP contribution in [0.5, 0.6) is 11.5 Å². The van der Waals surface area contributed by atoms with Crippen molar-refractivity contribution in [2.45, 2.75) is 88.9 Å². The maximum absolute atomic E-state index is 7.05. The molecule has 2 spiro atoms. The number of benzene rings is 6. The van der Waals surface area contributed by atoms with E-state index in [4.69, 9.17) is 4.74 Å². The SMILES string of the molecule is CC1(C)CCC(C)(C)c2cc(N(c3ccc(-c4cccc5ccccc45)cc3)c3cccc4c3C3(c5ccccc5O4)C4CC5CC6CC3C4(C5)C6)ccc21. The number of hydrogen-bond acceptors (Lipinski definition) is 2. The molecule has 0 radical (unpaired) electrons. The summed E-state index contributed by atoms with van der Waals surface area (Å²) >= 11 is 0. The van der Waals surface area contributed by atoms with Crippen LogP contribution in [0.2, 0.25) is 0 Å². The fraction of sp³-hybridized carbons (Fsp3) is 0.358. The highest BCUT2D eigenvalue weighted by Crippen LogP contribution is 2.85. The number of nitrogens with zero attached hydrogens (tertiary/aromatic N) is 1. The van der Waals surface area contributed by atoms with Crippen molar-refractivity contribution in [1.82, 2.24) is 0 Å². The first-order chi connectivity index (χ1) is 26.7. The van der Waals surface area contributed by atoms with E-state index < -0.39 is 0 Å². The van der Waals surface area contributed by atoms with Crippen LogP contribution in [0.15, 0.2) is 127 Å². The lowest BCUT2D eigenvalue weighted by Crippen LogP contribution is -2.64. The quantitative estimate of drug-likeness (QED) is 0.180. The van der Waals surface area contributed by atoms with E-state index in [1.54, 1.807) is 0 Å². The van der Waals surface area contributed by atoms with Crippen molar-refractivity contribution in [3.63, 3.8) is 0 Å². The van der Waals surface area contributed by atoms with Crippen LogP contribution in [0.25, 0.3) is 21.9 Å². The van der Waals surface area contributed by atoms with Crippen LogP contribution in [0.3, 0.4) is 0 Å². The van der Waals surface area contributed by atoms with Crippen LogP contribution >= 0.6 is 0 Å². The minimum absolute atomic E-state index is 0.0404. The van der Waals surface area contributed by atoms with E-state index in [2.05, 4.69) is 160 Å². The van der Waals surface area contributed by atoms with E-state index >= 15 is 0 Å². The second-order valence-corrected chi connectivity index (χ2v) is 19.7. The molecule has 55 heavy (non-hydrogen) atoms. The third-order valence-electron chi connectivity index (χ3n) is 16.2. The average Bonchev–Trinajstić information content (AvgIpc) is 3.59. The molecule has 2 heteroatoms. The molecular formula is C53H51NO. The molecule has 0 amide bonds. The first-order valence-corrected chi connectivity index (χ1v) is 21.1. The Morgan fingerprint density at radius 1 is 0.564 bits per heavy atom. The van der Waals surface area contributed by atoms with E-state index in [0.29, 0.717) is 17.3 Å². The standard InChI is InChI=1S/C53H51NO/c1-50(2)25-26-51(3,4)43-30-38(23-24-41(43)50)54(37-21-19-36(20-22-37)40-14-9-12-35-11-5-6-13-39(35)40)44-16-10-18-46-49(44)53(42-15-7-8-17-45(42)55-46)47-28-33-27-34-29-48(53)52(47,31-33)32-34/h5-24,30,33-34,47-48H,25-29,31-32H2,1-4H3. The Bertz CT molecular complexity index is 2530. The van der Waals surface area contributed by atoms with Crippen molar-refractivity contribution in [2.24, 2.45) is 29.1 Å². The molecule has 0 N–H and O–H groups in total. The van der Waals surface area contributed by atoms with Crippen LogP contribution in [0.1, 0.15) is 94.9 Å². The maximum atomic E-state index is 7.05. The van der Waals surface area contributed by atoms with Gasteiger partial charge in [-0.05, 0) is 160 Å². The monoisotopic (exact) mass is 717 g/mol. The number of anilines is 3. The Morgan fingerprint density at radius 2 is 1.22 bits per heavy atom. The van der Waals surface area contributed by atoms with Crippen molar-refractivity contribution in [2.75, 3.05) is 4.90 Å². The topological polar surface area (TPSA) is 12.5 Å². The second kappa shape index (κ2) is 10.9. The molecule has 6 aromatic rings. The molecule has 4 fully saturated rings. The van der Waals surface area contributed by atoms with Crippen molar-refractivity contribution >= 4 is 27.8 Å². The van der Waals surface area contributed by atoms with Gasteiger partial charge in [0.05, 0.1) is 5.69 Å². The molecule has 5 aliphatic carbocycles. The van der Waals surface area contributed by atoms with Gasteiger partial charge in [-0.15, -0.1) is 0 Å². The average molecular weight is 718 g/mol. The van der Waals surface area contributed by atoms with Crippen molar-refractivity contribution in [1.29, 1.82) is 0 Å². The molecule has 4 unspecified atom stereocenters. The van der Waals surface area contributed by atoms with Crippen molar-refractivity contribution in [3.05, 3.63) is 150 Å². The summed E-state index contributed by atoms with van der Waals surface area (Å²) in [5.41, 5.74) is 12.9. The fourth-order valence-electron chi connectivity index (χ4n) is 14.0. The predicted molar refractivity (Wildman–Crippen MR) is 226 cm³/mol. The van der Waals surface area contributed by atoms with Gasteiger partial charge in [-0.2, -0.15) is 0 Å². The molecular weight excluding hydrogens is 667 g/mol. The number of hydrogen-bond donors (Lipinski definition) is 0. The van der Waals surface area contributed by atoms with Gasteiger partial charge in [0.1, 0.15) is 11.5 Å². The van der Waals surface area contributed by atoms with E-state index in [9.17, 15) is 0 Å². The molecule has 1 aliphatic heterocycles. The maximum Gasteiger partial charge on any atom is 0.133 e. The van der Waals surface area contributed by atoms with Gasteiger partial charge in [0.15, 0.2) is 0 Å². The van der Waals surface area contributed by atoms with Gasteiger partial charge >= 0.3 is 0 Å². The van der Waals surface area contributed by atoms with Gasteiger partial charge in [0, 0.05) is 27.9 Å². The zero-order chi connectivity index (χ0) is 36.9. The lowest BCUT2D eigenvalue weighted by Gasteiger charge is -2.67. The molecule has 4 saturated carbocycles. The first-order valence-electron chi connectivity index (χ1n) is 21.1. The van der Waals surface area contributed by atoms with Crippen LogP contribution in [-0.2, 0) is 16.2 Å². The summed E-state index contributed by atoms with van der Waals surface area (Å²) in [5.74, 6) is 5.22. The summed E-state index contributed by atoms with van der Waals surface area (Å²) in [6.07, 6.45) is 9.45. The number of ether oxygens (including phenoxy) is 1. The largest absolute Gasteiger partial charge is 0.457 e. The molecule has 4 atom stereocenters. The molecule has 6 aliphatic rings. The summed E-state index contributed by atoms with van der Waals surface area (Å²) in [6.45, 7) is 9.79. The number of rotatable bonds is 4. The summed E-state index contributed by atoms with van der Waals surface area (Å²) < 4.78 is 7.05. The molecule has 2 nitrogen and oxygen atoms in total. The molecule has 6 aromatic carbocycles. The van der Waals surface area contributed by atoms with E-state index in [0.717, 1.165) is 23.3 Å². The highest BCUT2D eigenvalue weighted by molar-refractivity contribution is 5.97. The van der Waals surface area contributed by atoms with Gasteiger partial charge in [-0.1, -0.05) is 113 Å². The van der Waals surface area contributed by atoms with Gasteiger partial charge in [0.25, 0.3) is 0 Å². The highest BCUT2D eigenvalue weighted by atomic mass is 16.5. The van der Waals surface area contributed by atoms with Crippen LogP contribution < -0.4 is 9.64 Å². The zero-order valence-corrected chi connectivity index (χ0v) is 32.7. The Morgan fingerprint density at radius 3 is 2.02 bits per heavy atom. The normalized spacial score (nSPS) is 29.5. The van der Waals surface area contributed by atoms with Gasteiger partial charge in [-0.25, -0.2) is 0 Å². The van der Waals surface area contributed by atoms with Crippen LogP contribution in [0.4, 0.5) is 17.1 Å². The predicted octanol–water partition coefficient (Wildman–Crippen LogP) is 14.2. The zero-order valence-electron chi connectivity index (χ0n) is 32.7. The van der Waals surface area contributed by atoms with E-state index in [1.807, 2.05) is 0 Å². The fourth-order valence-corrected chi connectivity index (χ4v) is 14.0. The lowest BCUT2D eigenvalue weighted by molar-refractivity contribution is -0.0878. The second-order valence-electron chi connectivity index (χ2n) is 19.7. The van der Waals surface area contributed by atoms with Crippen LogP contribution in [-0.4, -0.2) is 0 Å². The van der Waals surface area contributed by atoms with E-state index in [-0.39, 0.29) is 16.2 Å². The summed E-state index contributed by atoms with van der Waals surface area (Å²) in [6, 6.07) is 48.4. The van der Waals surface area contributed by atoms with Crippen molar-refractivity contribution < 1.29 is 4.74 Å². The Kier molecular flexibility index (Phi) is 6.45. The van der Waals surface area contributed by atoms with Gasteiger partial charge < -0.3 is 9.64 Å². The minimum Gasteiger partial charge on any atom is -0.457 e. The minimum atomic E-state index is -0.0404. The Balaban J connectivity index is 1.09. The molecule has 0 saturated heterocycles. The van der Waals surface area contributed by atoms with Crippen LogP contribution in [0, 0.1) is 29.1 Å². The smallest absolute Gasteiger partial charge is 0.133 e. The van der Waals surface area contributed by atoms with Crippen molar-refractivity contribution in [3.8, 4) is 22.6 Å². The third-order valence-corrected chi connectivity index (χ3v) is 16.2. The molecule has 3 bridgehead atoms. The molecule has 0 aromatic heterocycles. The summed E-state index contributed by atoms with van der Waals surface area (Å²) in [5, 5.41) is 2.57. The van der Waals surface area contributed by atoms with E-state index in [1.165, 1.54) is 106 Å². The summed E-state index contributed by atoms with van der Waals surface area (Å²) in [7, 11) is 0. The first kappa shape index (κ1) is 32.4. The summed E-state index contributed by atoms with van der Waals surface area (Å²) in [4.78, 5) is 2.62. The molecule has 1 heterocycles. The number of para-hydroxylation sites is 1. The Labute approximate surface area is 326 Å². The Hall–Kier alpha value is -4.82. The number of fused-ring (bicyclic) bond motifs is 10. The molecule has 12 rings (SSSR count). The third kappa shape index (κ3) is 4.21. The lowest BCUT2D eigenvalue weighted by atomic mass is 9.37. The molecule has 274 valence electrons. The van der Waals surface area contributed by atoms with Gasteiger partial charge in [0.2, 0.25) is 0 Å².